The number of esters is 1. The van der Waals surface area contributed by atoms with Crippen molar-refractivity contribution in [3.63, 3.8) is 0 Å². The third-order valence-electron chi connectivity index (χ3n) is 5.38. The minimum Gasteiger partial charge on any atom is -0.507 e. The first-order chi connectivity index (χ1) is 14.7. The van der Waals surface area contributed by atoms with Crippen molar-refractivity contribution in [2.45, 2.75) is 96.8 Å². The molecule has 0 amide bonds. The molecule has 0 aliphatic rings. The molecule has 0 heterocycles. The van der Waals surface area contributed by atoms with Crippen molar-refractivity contribution in [2.24, 2.45) is 0 Å². The number of rotatable bonds is 18. The zero-order valence-electron chi connectivity index (χ0n) is 19.2. The van der Waals surface area contributed by atoms with E-state index < -0.39 is 0 Å². The summed E-state index contributed by atoms with van der Waals surface area (Å²) < 4.78 is 10.3. The minimum absolute atomic E-state index is 0.0744. The molecule has 0 fully saturated rings. The average Bonchev–Trinajstić information content (AvgIpc) is 2.75. The molecule has 0 aliphatic heterocycles. The van der Waals surface area contributed by atoms with Crippen molar-refractivity contribution < 1.29 is 19.4 Å². The Kier molecular flexibility index (Phi) is 15.5. The first kappa shape index (κ1) is 26.1. The highest BCUT2D eigenvalue weighted by Gasteiger charge is 2.02. The summed E-state index contributed by atoms with van der Waals surface area (Å²) in [5.41, 5.74) is 0.559. The number of methoxy groups -OCH3 is 1. The lowest BCUT2D eigenvalue weighted by Crippen LogP contribution is -2.02. The molecule has 0 unspecified atom stereocenters. The van der Waals surface area contributed by atoms with Gasteiger partial charge in [-0.05, 0) is 24.6 Å². The third-order valence-corrected chi connectivity index (χ3v) is 5.38. The van der Waals surface area contributed by atoms with Crippen LogP contribution in [0.25, 0.3) is 6.08 Å². The van der Waals surface area contributed by atoms with E-state index in [1.54, 1.807) is 25.3 Å². The Hall–Kier alpha value is -1.97. The summed E-state index contributed by atoms with van der Waals surface area (Å²) in [6.07, 6.45) is 21.2. The molecule has 0 aliphatic carbocycles. The van der Waals surface area contributed by atoms with Gasteiger partial charge in [0.25, 0.3) is 0 Å². The van der Waals surface area contributed by atoms with Gasteiger partial charge < -0.3 is 14.6 Å². The van der Waals surface area contributed by atoms with E-state index in [1.165, 1.54) is 89.2 Å². The number of unbranched alkanes of at least 4 members (excludes halogenated alkanes) is 13. The van der Waals surface area contributed by atoms with E-state index in [2.05, 4.69) is 6.92 Å². The summed E-state index contributed by atoms with van der Waals surface area (Å²) in [5.74, 6) is 0.273. The van der Waals surface area contributed by atoms with Crippen LogP contribution in [0.4, 0.5) is 0 Å². The molecule has 0 bridgehead atoms. The Morgan fingerprint density at radius 3 is 1.90 bits per heavy atom. The van der Waals surface area contributed by atoms with Crippen molar-refractivity contribution >= 4 is 12.0 Å². The zero-order chi connectivity index (χ0) is 21.9. The summed E-state index contributed by atoms with van der Waals surface area (Å²) in [6.45, 7) is 2.72. The molecule has 0 spiro atoms. The van der Waals surface area contributed by atoms with E-state index in [9.17, 15) is 9.90 Å². The number of phenolic OH excluding ortho intramolecular Hbond substituents is 1. The highest BCUT2D eigenvalue weighted by Crippen LogP contribution is 2.24. The van der Waals surface area contributed by atoms with E-state index in [1.807, 2.05) is 0 Å². The van der Waals surface area contributed by atoms with Crippen LogP contribution < -0.4 is 4.74 Å². The molecule has 0 aromatic heterocycles. The maximum atomic E-state index is 11.8. The van der Waals surface area contributed by atoms with Crippen molar-refractivity contribution in [3.8, 4) is 11.5 Å². The fourth-order valence-electron chi connectivity index (χ4n) is 3.47. The topological polar surface area (TPSA) is 55.8 Å². The van der Waals surface area contributed by atoms with E-state index in [-0.39, 0.29) is 11.7 Å². The van der Waals surface area contributed by atoms with Gasteiger partial charge in [0, 0.05) is 17.7 Å². The molecule has 4 nitrogen and oxygen atoms in total. The molecule has 0 saturated carbocycles. The van der Waals surface area contributed by atoms with Crippen LogP contribution in [0.2, 0.25) is 0 Å². The van der Waals surface area contributed by atoms with Gasteiger partial charge in [0.2, 0.25) is 0 Å². The summed E-state index contributed by atoms with van der Waals surface area (Å²) in [7, 11) is 1.54. The van der Waals surface area contributed by atoms with E-state index >= 15 is 0 Å². The molecule has 1 rings (SSSR count). The average molecular weight is 419 g/mol. The number of phenols is 1. The van der Waals surface area contributed by atoms with Crippen LogP contribution in [0, 0.1) is 0 Å². The number of benzene rings is 1. The van der Waals surface area contributed by atoms with Gasteiger partial charge in [0.1, 0.15) is 11.5 Å². The van der Waals surface area contributed by atoms with E-state index in [0.29, 0.717) is 17.9 Å². The van der Waals surface area contributed by atoms with Gasteiger partial charge in [-0.1, -0.05) is 90.4 Å². The highest BCUT2D eigenvalue weighted by atomic mass is 16.5. The molecular formula is C26H42O4. The van der Waals surface area contributed by atoms with Gasteiger partial charge in [-0.3, -0.25) is 0 Å². The lowest BCUT2D eigenvalue weighted by Gasteiger charge is -2.04. The number of aromatic hydroxyl groups is 1. The van der Waals surface area contributed by atoms with Crippen molar-refractivity contribution in [1.82, 2.24) is 0 Å². The van der Waals surface area contributed by atoms with Gasteiger partial charge >= 0.3 is 5.97 Å². The highest BCUT2D eigenvalue weighted by molar-refractivity contribution is 5.87. The molecule has 1 aromatic rings. The molecule has 1 aromatic carbocycles. The van der Waals surface area contributed by atoms with Crippen molar-refractivity contribution in [3.05, 3.63) is 29.8 Å². The normalized spacial score (nSPS) is 11.1. The van der Waals surface area contributed by atoms with Crippen molar-refractivity contribution in [2.75, 3.05) is 13.7 Å². The molecule has 0 radical (unpaired) electrons. The number of carbonyl (C=O) groups excluding carboxylic acids is 1. The predicted octanol–water partition coefficient (Wildman–Crippen LogP) is 7.44. The van der Waals surface area contributed by atoms with Crippen LogP contribution in [0.5, 0.6) is 11.5 Å². The van der Waals surface area contributed by atoms with Crippen LogP contribution in [0.1, 0.15) is 102 Å². The second-order valence-corrected chi connectivity index (χ2v) is 8.02. The maximum absolute atomic E-state index is 11.8. The Bertz CT molecular complexity index is 595. The molecule has 1 N–H and O–H groups in total. The van der Waals surface area contributed by atoms with Crippen LogP contribution >= 0.6 is 0 Å². The summed E-state index contributed by atoms with van der Waals surface area (Å²) in [6, 6.07) is 4.95. The zero-order valence-corrected chi connectivity index (χ0v) is 19.2. The van der Waals surface area contributed by atoms with Crippen LogP contribution in [-0.4, -0.2) is 24.8 Å². The first-order valence-electron chi connectivity index (χ1n) is 11.9. The molecule has 30 heavy (non-hydrogen) atoms. The predicted molar refractivity (Wildman–Crippen MR) is 125 cm³/mol. The molecule has 0 saturated heterocycles. The number of hydrogen-bond donors (Lipinski definition) is 1. The Morgan fingerprint density at radius 2 is 1.40 bits per heavy atom. The van der Waals surface area contributed by atoms with Gasteiger partial charge in [-0.25, -0.2) is 4.79 Å². The Morgan fingerprint density at radius 1 is 0.867 bits per heavy atom. The fourth-order valence-corrected chi connectivity index (χ4v) is 3.47. The van der Waals surface area contributed by atoms with Crippen LogP contribution in [0.15, 0.2) is 24.3 Å². The fraction of sp³-hybridized carbons (Fsp3) is 0.654. The molecule has 170 valence electrons. The number of ether oxygens (including phenoxy) is 2. The lowest BCUT2D eigenvalue weighted by atomic mass is 10.0. The SMILES string of the molecule is CCCCCCCCCCCCCCCCOC(=O)C=Cc1ccc(OC)cc1O. The summed E-state index contributed by atoms with van der Waals surface area (Å²) in [4.78, 5) is 11.8. The molecular weight excluding hydrogens is 376 g/mol. The Balaban J connectivity index is 1.93. The largest absolute Gasteiger partial charge is 0.507 e. The van der Waals surface area contributed by atoms with Crippen LogP contribution in [0.3, 0.4) is 0 Å². The second kappa shape index (κ2) is 17.9. The smallest absolute Gasteiger partial charge is 0.330 e. The summed E-state index contributed by atoms with van der Waals surface area (Å²) >= 11 is 0. The number of carbonyl (C=O) groups is 1. The maximum Gasteiger partial charge on any atom is 0.330 e. The van der Waals surface area contributed by atoms with Crippen molar-refractivity contribution in [1.29, 1.82) is 0 Å². The molecule has 4 heteroatoms. The number of hydrogen-bond acceptors (Lipinski definition) is 4. The summed E-state index contributed by atoms with van der Waals surface area (Å²) in [5, 5.41) is 9.87. The third kappa shape index (κ3) is 13.3. The van der Waals surface area contributed by atoms with Gasteiger partial charge in [0.15, 0.2) is 0 Å². The molecule has 0 atom stereocenters. The quantitative estimate of drug-likeness (QED) is 0.153. The monoisotopic (exact) mass is 418 g/mol. The lowest BCUT2D eigenvalue weighted by molar-refractivity contribution is -0.137. The van der Waals surface area contributed by atoms with Gasteiger partial charge in [-0.2, -0.15) is 0 Å². The Labute approximate surface area is 183 Å². The first-order valence-corrected chi connectivity index (χ1v) is 11.9. The van der Waals surface area contributed by atoms with E-state index in [4.69, 9.17) is 9.47 Å². The standard InChI is InChI=1S/C26H42O4/c1-3-4-5-6-7-8-9-10-11-12-13-14-15-16-21-30-26(28)20-18-23-17-19-24(29-2)22-25(23)27/h17-20,22,27H,3-16,21H2,1-2H3. The van der Waals surface area contributed by atoms with Gasteiger partial charge in [0.05, 0.1) is 13.7 Å². The van der Waals surface area contributed by atoms with Gasteiger partial charge in [-0.15, -0.1) is 0 Å². The second-order valence-electron chi connectivity index (χ2n) is 8.02. The minimum atomic E-state index is -0.375. The van der Waals surface area contributed by atoms with Crippen LogP contribution in [-0.2, 0) is 9.53 Å². The van der Waals surface area contributed by atoms with E-state index in [0.717, 1.165) is 12.8 Å².